The second-order valence-corrected chi connectivity index (χ2v) is 5.48. The van der Waals surface area contributed by atoms with Crippen molar-refractivity contribution in [1.82, 2.24) is 4.90 Å². The maximum atomic E-state index is 6.08. The van der Waals surface area contributed by atoms with Crippen LogP contribution < -0.4 is 5.73 Å². The summed E-state index contributed by atoms with van der Waals surface area (Å²) in [6.07, 6.45) is 7.38. The monoisotopic (exact) mass is 367 g/mol. The molecule has 0 aliphatic carbocycles. The zero-order chi connectivity index (χ0) is 12.1. The number of rotatable bonds is 2. The predicted octanol–water partition coefficient (Wildman–Crippen LogP) is 2.36. The molecule has 2 heterocycles. The summed E-state index contributed by atoms with van der Waals surface area (Å²) < 4.78 is 5.72. The van der Waals surface area contributed by atoms with Crippen molar-refractivity contribution in [3.8, 4) is 0 Å². The number of hydrogen-bond acceptors (Lipinski definition) is 2. The number of guanidine groups is 1. The number of aliphatic imine (C=N–C) groups is 1. The zero-order valence-electron chi connectivity index (χ0n) is 11.4. The number of halogens is 1. The second-order valence-electron chi connectivity index (χ2n) is 5.48. The molecule has 4 nitrogen and oxygen atoms in total. The topological polar surface area (TPSA) is 50.8 Å². The number of likely N-dealkylation sites (tertiary alicyclic amines) is 1. The zero-order valence-corrected chi connectivity index (χ0v) is 13.7. The summed E-state index contributed by atoms with van der Waals surface area (Å²) in [5.74, 6) is 0.712. The van der Waals surface area contributed by atoms with Gasteiger partial charge in [0.1, 0.15) is 0 Å². The lowest BCUT2D eigenvalue weighted by Gasteiger charge is -2.24. The molecular formula is C13H26IN3O. The van der Waals surface area contributed by atoms with E-state index in [1.54, 1.807) is 0 Å². The molecule has 0 aromatic heterocycles. The number of hydrogen-bond donors (Lipinski definition) is 1. The fourth-order valence-corrected chi connectivity index (χ4v) is 2.61. The van der Waals surface area contributed by atoms with Crippen LogP contribution >= 0.6 is 24.0 Å². The molecule has 2 rings (SSSR count). The van der Waals surface area contributed by atoms with E-state index < -0.39 is 0 Å². The van der Waals surface area contributed by atoms with Crippen molar-refractivity contribution < 1.29 is 4.74 Å². The van der Waals surface area contributed by atoms with Crippen LogP contribution in [0.3, 0.4) is 0 Å². The molecule has 2 saturated heterocycles. The molecule has 0 bridgehead atoms. The summed E-state index contributed by atoms with van der Waals surface area (Å²) in [4.78, 5) is 6.77. The first-order chi connectivity index (χ1) is 8.20. The molecule has 5 heteroatoms. The van der Waals surface area contributed by atoms with E-state index >= 15 is 0 Å². The van der Waals surface area contributed by atoms with E-state index in [-0.39, 0.29) is 29.6 Å². The third-order valence-electron chi connectivity index (χ3n) is 3.81. The lowest BCUT2D eigenvalue weighted by Crippen LogP contribution is -2.39. The van der Waals surface area contributed by atoms with Crippen LogP contribution in [0.15, 0.2) is 4.99 Å². The highest BCUT2D eigenvalue weighted by molar-refractivity contribution is 14.0. The van der Waals surface area contributed by atoms with Crippen LogP contribution in [-0.2, 0) is 4.74 Å². The van der Waals surface area contributed by atoms with Gasteiger partial charge in [-0.3, -0.25) is 4.99 Å². The third-order valence-corrected chi connectivity index (χ3v) is 3.81. The highest BCUT2D eigenvalue weighted by Gasteiger charge is 2.29. The van der Waals surface area contributed by atoms with E-state index in [4.69, 9.17) is 10.5 Å². The van der Waals surface area contributed by atoms with Crippen molar-refractivity contribution in [3.05, 3.63) is 0 Å². The molecular weight excluding hydrogens is 341 g/mol. The molecule has 2 N–H and O–H groups in total. The van der Waals surface area contributed by atoms with Gasteiger partial charge in [0.05, 0.1) is 12.1 Å². The van der Waals surface area contributed by atoms with Crippen molar-refractivity contribution >= 4 is 29.9 Å². The van der Waals surface area contributed by atoms with E-state index in [2.05, 4.69) is 16.8 Å². The fourth-order valence-electron chi connectivity index (χ4n) is 2.61. The van der Waals surface area contributed by atoms with Gasteiger partial charge >= 0.3 is 0 Å². The van der Waals surface area contributed by atoms with E-state index in [1.165, 1.54) is 25.7 Å². The predicted molar refractivity (Wildman–Crippen MR) is 85.5 cm³/mol. The van der Waals surface area contributed by atoms with Crippen LogP contribution in [0.2, 0.25) is 0 Å². The highest BCUT2D eigenvalue weighted by Crippen LogP contribution is 2.25. The Labute approximate surface area is 127 Å². The minimum atomic E-state index is -0.0729. The number of nitrogens with two attached hydrogens (primary N) is 1. The molecule has 0 saturated carbocycles. The fraction of sp³-hybridized carbons (Fsp3) is 0.923. The Kier molecular flexibility index (Phi) is 6.70. The van der Waals surface area contributed by atoms with Gasteiger partial charge in [0, 0.05) is 19.7 Å². The van der Waals surface area contributed by atoms with Crippen molar-refractivity contribution in [1.29, 1.82) is 0 Å². The molecule has 0 aromatic carbocycles. The smallest absolute Gasteiger partial charge is 0.191 e. The van der Waals surface area contributed by atoms with Gasteiger partial charge in [-0.15, -0.1) is 24.0 Å². The van der Waals surface area contributed by atoms with Crippen LogP contribution in [0.5, 0.6) is 0 Å². The van der Waals surface area contributed by atoms with Gasteiger partial charge in [0.25, 0.3) is 0 Å². The van der Waals surface area contributed by atoms with Crippen molar-refractivity contribution in [2.75, 3.05) is 26.2 Å². The average Bonchev–Trinajstić information content (AvgIpc) is 2.60. The second kappa shape index (κ2) is 7.53. The maximum Gasteiger partial charge on any atom is 0.191 e. The Morgan fingerprint density at radius 1 is 1.22 bits per heavy atom. The summed E-state index contributed by atoms with van der Waals surface area (Å²) in [6, 6.07) is 0. The van der Waals surface area contributed by atoms with Crippen LogP contribution in [0, 0.1) is 0 Å². The van der Waals surface area contributed by atoms with Gasteiger partial charge in [-0.05, 0) is 32.6 Å². The van der Waals surface area contributed by atoms with Gasteiger partial charge in [-0.25, -0.2) is 0 Å². The van der Waals surface area contributed by atoms with E-state index in [9.17, 15) is 0 Å². The van der Waals surface area contributed by atoms with Gasteiger partial charge in [-0.1, -0.05) is 12.8 Å². The standard InChI is InChI=1S/C13H25N3O.HI/c1-13(7-6-10-17-13)11-15-12(14)16-8-4-2-3-5-9-16;/h2-11H2,1H3,(H2,14,15);1H. The van der Waals surface area contributed by atoms with Gasteiger partial charge in [0.15, 0.2) is 5.96 Å². The summed E-state index contributed by atoms with van der Waals surface area (Å²) in [6.45, 7) is 5.84. The van der Waals surface area contributed by atoms with Gasteiger partial charge in [-0.2, -0.15) is 0 Å². The SMILES string of the molecule is CC1(CN=C(N)N2CCCCCC2)CCCO1.I. The Morgan fingerprint density at radius 2 is 1.89 bits per heavy atom. The Bertz CT molecular complexity index is 269. The Hall–Kier alpha value is -0.0400. The van der Waals surface area contributed by atoms with Crippen LogP contribution in [-0.4, -0.2) is 42.7 Å². The van der Waals surface area contributed by atoms with Gasteiger partial charge in [0.2, 0.25) is 0 Å². The molecule has 1 unspecified atom stereocenters. The molecule has 2 aliphatic heterocycles. The average molecular weight is 367 g/mol. The highest BCUT2D eigenvalue weighted by atomic mass is 127. The largest absolute Gasteiger partial charge is 0.373 e. The van der Waals surface area contributed by atoms with E-state index in [0.717, 1.165) is 32.5 Å². The van der Waals surface area contributed by atoms with Crippen LogP contribution in [0.4, 0.5) is 0 Å². The number of nitrogens with zero attached hydrogens (tertiary/aromatic N) is 2. The lowest BCUT2D eigenvalue weighted by atomic mass is 10.0. The van der Waals surface area contributed by atoms with Gasteiger partial charge < -0.3 is 15.4 Å². The molecule has 0 amide bonds. The summed E-state index contributed by atoms with van der Waals surface area (Å²) in [7, 11) is 0. The minimum Gasteiger partial charge on any atom is -0.373 e. The summed E-state index contributed by atoms with van der Waals surface area (Å²) >= 11 is 0. The number of ether oxygens (including phenoxy) is 1. The molecule has 106 valence electrons. The van der Waals surface area contributed by atoms with E-state index in [1.807, 2.05) is 0 Å². The maximum absolute atomic E-state index is 6.08. The van der Waals surface area contributed by atoms with Crippen LogP contribution in [0.25, 0.3) is 0 Å². The van der Waals surface area contributed by atoms with Crippen molar-refractivity contribution in [2.45, 2.75) is 51.0 Å². The Balaban J connectivity index is 0.00000162. The first-order valence-corrected chi connectivity index (χ1v) is 6.88. The molecule has 2 aliphatic rings. The lowest BCUT2D eigenvalue weighted by molar-refractivity contribution is 0.0282. The first-order valence-electron chi connectivity index (χ1n) is 6.88. The molecule has 18 heavy (non-hydrogen) atoms. The summed E-state index contributed by atoms with van der Waals surface area (Å²) in [5.41, 5.74) is 6.00. The van der Waals surface area contributed by atoms with Crippen LogP contribution in [0.1, 0.15) is 45.4 Å². The quantitative estimate of drug-likeness (QED) is 0.463. The van der Waals surface area contributed by atoms with Crippen molar-refractivity contribution in [3.63, 3.8) is 0 Å². The normalized spacial score (nSPS) is 29.8. The minimum absolute atomic E-state index is 0. The molecule has 0 aromatic rings. The van der Waals surface area contributed by atoms with E-state index in [0.29, 0.717) is 12.5 Å². The molecule has 1 atom stereocenters. The first kappa shape index (κ1) is 16.0. The third kappa shape index (κ3) is 4.57. The molecule has 2 fully saturated rings. The summed E-state index contributed by atoms with van der Waals surface area (Å²) in [5, 5.41) is 0. The molecule has 0 spiro atoms. The Morgan fingerprint density at radius 3 is 2.44 bits per heavy atom. The van der Waals surface area contributed by atoms with Crippen molar-refractivity contribution in [2.24, 2.45) is 10.7 Å². The molecule has 0 radical (unpaired) electrons.